The SMILES string of the molecule is CCCCCCCCCCCCOC(=O)CCCC(=O)Oc1c(Cl)c(Cl)cc(Cl)c1Cl. The van der Waals surface area contributed by atoms with Crippen molar-refractivity contribution in [3.05, 3.63) is 26.2 Å². The fourth-order valence-corrected chi connectivity index (χ4v) is 3.90. The summed E-state index contributed by atoms with van der Waals surface area (Å²) in [5.74, 6) is -0.968. The Kier molecular flexibility index (Phi) is 15.4. The molecule has 0 spiro atoms. The lowest BCUT2D eigenvalue weighted by atomic mass is 10.1. The van der Waals surface area contributed by atoms with Crippen LogP contribution in [0.3, 0.4) is 0 Å². The van der Waals surface area contributed by atoms with Crippen LogP contribution in [0.15, 0.2) is 6.07 Å². The quantitative estimate of drug-likeness (QED) is 0.0957. The van der Waals surface area contributed by atoms with Gasteiger partial charge in [-0.25, -0.2) is 0 Å². The number of hydrogen-bond acceptors (Lipinski definition) is 4. The molecular weight excluding hydrogens is 482 g/mol. The summed E-state index contributed by atoms with van der Waals surface area (Å²) in [6.45, 7) is 2.65. The zero-order chi connectivity index (χ0) is 23.1. The first-order chi connectivity index (χ1) is 14.9. The van der Waals surface area contributed by atoms with Crippen molar-refractivity contribution in [3.8, 4) is 5.75 Å². The molecule has 0 unspecified atom stereocenters. The van der Waals surface area contributed by atoms with Gasteiger partial charge in [0.2, 0.25) is 0 Å². The number of ether oxygens (including phenoxy) is 2. The molecule has 0 fully saturated rings. The summed E-state index contributed by atoms with van der Waals surface area (Å²) in [7, 11) is 0. The fraction of sp³-hybridized carbons (Fsp3) is 0.652. The Morgan fingerprint density at radius 2 is 1.19 bits per heavy atom. The molecular formula is C23H32Cl4O4. The molecule has 1 aromatic carbocycles. The molecule has 31 heavy (non-hydrogen) atoms. The van der Waals surface area contributed by atoms with Crippen LogP contribution in [0.4, 0.5) is 0 Å². The zero-order valence-corrected chi connectivity index (χ0v) is 21.1. The van der Waals surface area contributed by atoms with Crippen molar-refractivity contribution in [2.45, 2.75) is 90.4 Å². The summed E-state index contributed by atoms with van der Waals surface area (Å²) >= 11 is 23.8. The van der Waals surface area contributed by atoms with Crippen molar-refractivity contribution >= 4 is 58.3 Å². The Balaban J connectivity index is 2.09. The first kappa shape index (κ1) is 28.4. The van der Waals surface area contributed by atoms with Crippen LogP contribution in [0.25, 0.3) is 0 Å². The number of carbonyl (C=O) groups excluding carboxylic acids is 2. The summed E-state index contributed by atoms with van der Waals surface area (Å²) < 4.78 is 10.4. The van der Waals surface area contributed by atoms with Gasteiger partial charge in [-0.05, 0) is 18.9 Å². The van der Waals surface area contributed by atoms with E-state index in [4.69, 9.17) is 55.9 Å². The zero-order valence-electron chi connectivity index (χ0n) is 18.1. The lowest BCUT2D eigenvalue weighted by Crippen LogP contribution is -2.11. The van der Waals surface area contributed by atoms with Gasteiger partial charge in [-0.2, -0.15) is 0 Å². The van der Waals surface area contributed by atoms with E-state index in [-0.39, 0.29) is 44.7 Å². The number of hydrogen-bond donors (Lipinski definition) is 0. The molecule has 0 saturated heterocycles. The minimum atomic E-state index is -0.579. The van der Waals surface area contributed by atoms with E-state index in [2.05, 4.69) is 6.92 Å². The van der Waals surface area contributed by atoms with E-state index in [0.717, 1.165) is 12.8 Å². The van der Waals surface area contributed by atoms with Gasteiger partial charge >= 0.3 is 11.9 Å². The standard InChI is InChI=1S/C23H32Cl4O4/c1-2-3-4-5-6-7-8-9-10-11-15-30-19(28)13-12-14-20(29)31-23-21(26)17(24)16-18(25)22(23)27/h16H,2-15H2,1H3. The maximum atomic E-state index is 12.0. The van der Waals surface area contributed by atoms with E-state index in [0.29, 0.717) is 13.0 Å². The van der Waals surface area contributed by atoms with Gasteiger partial charge < -0.3 is 9.47 Å². The summed E-state index contributed by atoms with van der Waals surface area (Å²) in [4.78, 5) is 23.8. The van der Waals surface area contributed by atoms with Gasteiger partial charge in [-0.3, -0.25) is 9.59 Å². The molecule has 0 aliphatic carbocycles. The molecule has 1 rings (SSSR count). The molecule has 176 valence electrons. The van der Waals surface area contributed by atoms with Crippen LogP contribution in [0.5, 0.6) is 5.75 Å². The highest BCUT2D eigenvalue weighted by Gasteiger charge is 2.18. The second kappa shape index (κ2) is 16.9. The van der Waals surface area contributed by atoms with Gasteiger partial charge in [0.1, 0.15) is 10.0 Å². The van der Waals surface area contributed by atoms with E-state index in [9.17, 15) is 9.59 Å². The fourth-order valence-electron chi connectivity index (χ4n) is 3.03. The number of halogens is 4. The number of carbonyl (C=O) groups is 2. The molecule has 0 amide bonds. The van der Waals surface area contributed by atoms with E-state index >= 15 is 0 Å². The third kappa shape index (κ3) is 12.2. The topological polar surface area (TPSA) is 52.6 Å². The minimum absolute atomic E-state index is 0.0142. The number of unbranched alkanes of at least 4 members (excludes halogenated alkanes) is 9. The highest BCUT2D eigenvalue weighted by molar-refractivity contribution is 6.48. The van der Waals surface area contributed by atoms with Gasteiger partial charge in [0, 0.05) is 12.8 Å². The van der Waals surface area contributed by atoms with E-state index in [1.807, 2.05) is 0 Å². The predicted molar refractivity (Wildman–Crippen MR) is 129 cm³/mol. The van der Waals surface area contributed by atoms with Crippen LogP contribution in [0, 0.1) is 0 Å². The Morgan fingerprint density at radius 1 is 0.710 bits per heavy atom. The third-order valence-corrected chi connectivity index (χ3v) is 6.35. The maximum absolute atomic E-state index is 12.0. The van der Waals surface area contributed by atoms with Crippen LogP contribution in [0.2, 0.25) is 20.1 Å². The minimum Gasteiger partial charge on any atom is -0.466 e. The summed E-state index contributed by atoms with van der Waals surface area (Å²) in [6, 6.07) is 1.37. The summed E-state index contributed by atoms with van der Waals surface area (Å²) in [6.07, 6.45) is 12.7. The Morgan fingerprint density at radius 3 is 1.74 bits per heavy atom. The van der Waals surface area contributed by atoms with Crippen molar-refractivity contribution < 1.29 is 19.1 Å². The first-order valence-corrected chi connectivity index (χ1v) is 12.6. The van der Waals surface area contributed by atoms with Crippen LogP contribution < -0.4 is 4.74 Å². The number of benzene rings is 1. The second-order valence-corrected chi connectivity index (χ2v) is 9.10. The largest absolute Gasteiger partial charge is 0.466 e. The van der Waals surface area contributed by atoms with Crippen molar-refractivity contribution in [2.24, 2.45) is 0 Å². The third-order valence-electron chi connectivity index (χ3n) is 4.81. The van der Waals surface area contributed by atoms with Crippen LogP contribution in [0.1, 0.15) is 90.4 Å². The van der Waals surface area contributed by atoms with Gasteiger partial charge in [0.25, 0.3) is 0 Å². The molecule has 4 nitrogen and oxygen atoms in total. The van der Waals surface area contributed by atoms with E-state index in [1.165, 1.54) is 57.4 Å². The first-order valence-electron chi connectivity index (χ1n) is 11.1. The lowest BCUT2D eigenvalue weighted by molar-refractivity contribution is -0.144. The molecule has 0 heterocycles. The van der Waals surface area contributed by atoms with Crippen LogP contribution >= 0.6 is 46.4 Å². The summed E-state index contributed by atoms with van der Waals surface area (Å²) in [5.41, 5.74) is 0. The lowest BCUT2D eigenvalue weighted by Gasteiger charge is -2.10. The van der Waals surface area contributed by atoms with Crippen molar-refractivity contribution in [2.75, 3.05) is 6.61 Å². The molecule has 0 aliphatic heterocycles. The molecule has 0 saturated carbocycles. The summed E-state index contributed by atoms with van der Waals surface area (Å²) in [5, 5.41) is 0.296. The monoisotopic (exact) mass is 512 g/mol. The van der Waals surface area contributed by atoms with E-state index < -0.39 is 5.97 Å². The van der Waals surface area contributed by atoms with Gasteiger partial charge in [0.15, 0.2) is 5.75 Å². The van der Waals surface area contributed by atoms with Gasteiger partial charge in [-0.1, -0.05) is 111 Å². The van der Waals surface area contributed by atoms with Crippen LogP contribution in [-0.2, 0) is 14.3 Å². The second-order valence-electron chi connectivity index (χ2n) is 7.53. The van der Waals surface area contributed by atoms with Gasteiger partial charge in [-0.15, -0.1) is 0 Å². The van der Waals surface area contributed by atoms with Crippen molar-refractivity contribution in [1.29, 1.82) is 0 Å². The molecule has 0 atom stereocenters. The number of rotatable bonds is 16. The molecule has 8 heteroatoms. The number of esters is 2. The van der Waals surface area contributed by atoms with Crippen molar-refractivity contribution in [1.82, 2.24) is 0 Å². The molecule has 0 aliphatic rings. The molecule has 0 aromatic heterocycles. The Labute approximate surface area is 205 Å². The Hall–Kier alpha value is -0.680. The van der Waals surface area contributed by atoms with E-state index in [1.54, 1.807) is 0 Å². The average molecular weight is 514 g/mol. The van der Waals surface area contributed by atoms with Crippen molar-refractivity contribution in [3.63, 3.8) is 0 Å². The molecule has 0 N–H and O–H groups in total. The van der Waals surface area contributed by atoms with Crippen LogP contribution in [-0.4, -0.2) is 18.5 Å². The smallest absolute Gasteiger partial charge is 0.311 e. The van der Waals surface area contributed by atoms with Gasteiger partial charge in [0.05, 0.1) is 16.7 Å². The molecule has 0 bridgehead atoms. The predicted octanol–water partition coefficient (Wildman–Crippen LogP) is 8.84. The average Bonchev–Trinajstić information content (AvgIpc) is 2.73. The maximum Gasteiger partial charge on any atom is 0.311 e. The Bertz CT molecular complexity index is 668. The normalized spacial score (nSPS) is 10.9. The highest BCUT2D eigenvalue weighted by atomic mass is 35.5. The molecule has 0 radical (unpaired) electrons. The highest BCUT2D eigenvalue weighted by Crippen LogP contribution is 2.42. The molecule has 1 aromatic rings.